The number of hydrogen-bond donors (Lipinski definition) is 0. The molecule has 0 amide bonds. The summed E-state index contributed by atoms with van der Waals surface area (Å²) in [6.07, 6.45) is 1.52. The zero-order valence-corrected chi connectivity index (χ0v) is 22.3. The van der Waals surface area contributed by atoms with Gasteiger partial charge in [-0.3, -0.25) is 4.79 Å². The van der Waals surface area contributed by atoms with Gasteiger partial charge in [-0.25, -0.2) is 0 Å². The van der Waals surface area contributed by atoms with Gasteiger partial charge in [-0.05, 0) is 35.3 Å². The molecular weight excluding hydrogens is 460 g/mol. The Kier molecular flexibility index (Phi) is 7.48. The first-order valence-electron chi connectivity index (χ1n) is 12.1. The number of hydrogen-bond acceptors (Lipinski definition) is 6. The predicted octanol–water partition coefficient (Wildman–Crippen LogP) is 3.58. The first-order valence-corrected chi connectivity index (χ1v) is 14.0. The lowest BCUT2D eigenvalue weighted by Gasteiger charge is -2.45. The number of fused-ring (bicyclic) bond motifs is 1. The van der Waals surface area contributed by atoms with Gasteiger partial charge in [0.05, 0.1) is 6.10 Å². The lowest BCUT2D eigenvalue weighted by atomic mass is 10.1. The van der Waals surface area contributed by atoms with Crippen molar-refractivity contribution >= 4 is 25.0 Å². The molecule has 2 aliphatic heterocycles. The van der Waals surface area contributed by atoms with Crippen molar-refractivity contribution in [3.8, 4) is 0 Å². The van der Waals surface area contributed by atoms with Crippen LogP contribution in [0.5, 0.6) is 0 Å². The van der Waals surface area contributed by atoms with Gasteiger partial charge in [0, 0.05) is 7.11 Å². The number of carbonyl (C=O) groups excluding carboxylic acids is 1. The van der Waals surface area contributed by atoms with Crippen LogP contribution in [0.15, 0.2) is 72.8 Å². The largest absolute Gasteiger partial charge is 0.398 e. The quantitative estimate of drug-likeness (QED) is 0.316. The molecule has 0 aromatic heterocycles. The van der Waals surface area contributed by atoms with Gasteiger partial charge < -0.3 is 23.4 Å². The maximum absolute atomic E-state index is 11.4. The van der Waals surface area contributed by atoms with Gasteiger partial charge in [-0.2, -0.15) is 0 Å². The van der Waals surface area contributed by atoms with E-state index in [1.165, 1.54) is 6.08 Å². The van der Waals surface area contributed by atoms with E-state index in [-0.39, 0.29) is 5.04 Å². The zero-order valence-electron chi connectivity index (χ0n) is 21.3. The van der Waals surface area contributed by atoms with E-state index in [4.69, 9.17) is 23.4 Å². The molecule has 0 bridgehead atoms. The highest BCUT2D eigenvalue weighted by molar-refractivity contribution is 6.99. The molecule has 35 heavy (non-hydrogen) atoms. The Labute approximate surface area is 209 Å². The molecule has 2 aromatic carbocycles. The summed E-state index contributed by atoms with van der Waals surface area (Å²) in [6, 6.07) is 20.8. The summed E-state index contributed by atoms with van der Waals surface area (Å²) < 4.78 is 31.6. The molecule has 0 N–H and O–H groups in total. The van der Waals surface area contributed by atoms with Crippen molar-refractivity contribution in [2.24, 2.45) is 0 Å². The number of carbonyl (C=O) groups is 1. The number of ether oxygens (including phenoxy) is 4. The van der Waals surface area contributed by atoms with Crippen molar-refractivity contribution < 1.29 is 28.2 Å². The second-order valence-corrected chi connectivity index (χ2v) is 14.8. The summed E-state index contributed by atoms with van der Waals surface area (Å²) in [5.74, 6) is -0.773. The number of methoxy groups -OCH3 is 1. The third kappa shape index (κ3) is 4.94. The number of benzene rings is 2. The molecule has 5 atom stereocenters. The van der Waals surface area contributed by atoms with Gasteiger partial charge in [-0.1, -0.05) is 87.5 Å². The molecule has 7 heteroatoms. The summed E-state index contributed by atoms with van der Waals surface area (Å²) in [5.41, 5.74) is 0. The molecule has 188 valence electrons. The minimum atomic E-state index is -2.93. The van der Waals surface area contributed by atoms with E-state index in [1.807, 2.05) is 50.2 Å². The fourth-order valence-corrected chi connectivity index (χ4v) is 9.95. The lowest BCUT2D eigenvalue weighted by molar-refractivity contribution is -0.233. The Bertz CT molecular complexity index is 977. The Hall–Kier alpha value is -2.13. The Balaban J connectivity index is 1.84. The molecule has 2 aromatic rings. The monoisotopic (exact) mass is 496 g/mol. The molecule has 6 nitrogen and oxygen atoms in total. The molecule has 2 fully saturated rings. The summed E-state index contributed by atoms with van der Waals surface area (Å²) in [7, 11) is -1.33. The lowest BCUT2D eigenvalue weighted by Crippen LogP contribution is -2.68. The highest BCUT2D eigenvalue weighted by atomic mass is 28.4. The molecule has 0 aliphatic carbocycles. The van der Waals surface area contributed by atoms with Crippen LogP contribution in [0.1, 0.15) is 34.6 Å². The second-order valence-electron chi connectivity index (χ2n) is 10.5. The Morgan fingerprint density at radius 3 is 1.97 bits per heavy atom. The van der Waals surface area contributed by atoms with Crippen LogP contribution in [0.3, 0.4) is 0 Å². The molecule has 2 aliphatic rings. The molecule has 4 rings (SSSR count). The van der Waals surface area contributed by atoms with E-state index in [0.717, 1.165) is 16.7 Å². The van der Waals surface area contributed by atoms with Crippen LogP contribution in [0.2, 0.25) is 5.04 Å². The summed E-state index contributed by atoms with van der Waals surface area (Å²) >= 11 is 0. The molecule has 0 unspecified atom stereocenters. The normalized spacial score (nSPS) is 27.1. The van der Waals surface area contributed by atoms with Gasteiger partial charge in [0.25, 0.3) is 8.32 Å². The van der Waals surface area contributed by atoms with E-state index in [0.29, 0.717) is 0 Å². The van der Waals surface area contributed by atoms with E-state index in [1.54, 1.807) is 13.2 Å². The standard InChI is InChI=1S/C28H36O6Si/c1-27(2,3)35(20-14-9-7-10-15-20,21-16-11-8-12-17-21)34-22(18-13-19-29)23-24-25(26(30-6)31-23)33-28(4,5)32-24/h7-19,22-26H,1-6H3/b18-13+/t22-,23-,24-,25-,26-/m1/s1. The first kappa shape index (κ1) is 25.9. The third-order valence-electron chi connectivity index (χ3n) is 6.71. The maximum atomic E-state index is 11.4. The van der Waals surface area contributed by atoms with Gasteiger partial charge in [0.15, 0.2) is 12.1 Å². The van der Waals surface area contributed by atoms with Crippen molar-refractivity contribution in [3.63, 3.8) is 0 Å². The number of aldehydes is 1. The minimum Gasteiger partial charge on any atom is -0.398 e. The van der Waals surface area contributed by atoms with Crippen molar-refractivity contribution in [1.29, 1.82) is 0 Å². The van der Waals surface area contributed by atoms with Gasteiger partial charge in [0.1, 0.15) is 24.6 Å². The molecule has 2 saturated heterocycles. The van der Waals surface area contributed by atoms with Crippen LogP contribution >= 0.6 is 0 Å². The van der Waals surface area contributed by atoms with Crippen molar-refractivity contribution in [3.05, 3.63) is 72.8 Å². The van der Waals surface area contributed by atoms with E-state index >= 15 is 0 Å². The molecular formula is C28H36O6Si. The first-order chi connectivity index (χ1) is 16.6. The SMILES string of the molecule is CO[C@@H]1O[C@H]([C@@H](/C=C/C=O)O[Si](c2ccccc2)(c2ccccc2)C(C)(C)C)[C@H]2OC(C)(C)O[C@@H]12. The van der Waals surface area contributed by atoms with Crippen LogP contribution in [0.4, 0.5) is 0 Å². The van der Waals surface area contributed by atoms with Crippen LogP contribution in [-0.4, -0.2) is 58.2 Å². The van der Waals surface area contributed by atoms with Crippen molar-refractivity contribution in [1.82, 2.24) is 0 Å². The third-order valence-corrected chi connectivity index (χ3v) is 11.7. The maximum Gasteiger partial charge on any atom is 0.262 e. The Morgan fingerprint density at radius 1 is 0.943 bits per heavy atom. The van der Waals surface area contributed by atoms with Gasteiger partial charge >= 0.3 is 0 Å². The fourth-order valence-electron chi connectivity index (χ4n) is 5.31. The number of allylic oxidation sites excluding steroid dienone is 1. The smallest absolute Gasteiger partial charge is 0.262 e. The minimum absolute atomic E-state index is 0.242. The summed E-state index contributed by atoms with van der Waals surface area (Å²) in [4.78, 5) is 11.4. The highest BCUT2D eigenvalue weighted by Crippen LogP contribution is 2.43. The second kappa shape index (κ2) is 10.1. The van der Waals surface area contributed by atoms with Crippen molar-refractivity contribution in [2.45, 2.75) is 76.1 Å². The predicted molar refractivity (Wildman–Crippen MR) is 137 cm³/mol. The summed E-state index contributed by atoms with van der Waals surface area (Å²) in [5, 5.41) is 2.04. The summed E-state index contributed by atoms with van der Waals surface area (Å²) in [6.45, 7) is 10.4. The average Bonchev–Trinajstić information content (AvgIpc) is 3.32. The van der Waals surface area contributed by atoms with Crippen LogP contribution < -0.4 is 10.4 Å². The van der Waals surface area contributed by atoms with E-state index in [9.17, 15) is 4.79 Å². The average molecular weight is 497 g/mol. The van der Waals surface area contributed by atoms with E-state index < -0.39 is 44.8 Å². The van der Waals surface area contributed by atoms with Gasteiger partial charge in [0.2, 0.25) is 0 Å². The molecule has 0 spiro atoms. The molecule has 0 saturated carbocycles. The highest BCUT2D eigenvalue weighted by Gasteiger charge is 2.59. The Morgan fingerprint density at radius 2 is 1.49 bits per heavy atom. The topological polar surface area (TPSA) is 63.2 Å². The van der Waals surface area contributed by atoms with Gasteiger partial charge in [-0.15, -0.1) is 0 Å². The van der Waals surface area contributed by atoms with Crippen LogP contribution in [0, 0.1) is 0 Å². The van der Waals surface area contributed by atoms with Crippen LogP contribution in [0.25, 0.3) is 0 Å². The number of rotatable bonds is 8. The molecule has 2 heterocycles. The van der Waals surface area contributed by atoms with E-state index in [2.05, 4.69) is 45.0 Å². The molecule has 0 radical (unpaired) electrons. The van der Waals surface area contributed by atoms with Crippen molar-refractivity contribution in [2.75, 3.05) is 7.11 Å². The fraction of sp³-hybridized carbons (Fsp3) is 0.464. The zero-order chi connectivity index (χ0) is 25.3. The van der Waals surface area contributed by atoms with Crippen LogP contribution in [-0.2, 0) is 28.2 Å².